The maximum Gasteiger partial charge on any atom is 0.155 e. The van der Waals surface area contributed by atoms with Gasteiger partial charge >= 0.3 is 0 Å². The van der Waals surface area contributed by atoms with Gasteiger partial charge in [0.05, 0.1) is 0 Å². The van der Waals surface area contributed by atoms with Gasteiger partial charge in [0.2, 0.25) is 0 Å². The van der Waals surface area contributed by atoms with E-state index in [0.29, 0.717) is 29.8 Å². The van der Waals surface area contributed by atoms with Crippen molar-refractivity contribution in [3.8, 4) is 0 Å². The molecule has 4 aliphatic carbocycles. The Morgan fingerprint density at radius 1 is 0.909 bits per heavy atom. The zero-order valence-corrected chi connectivity index (χ0v) is 14.2. The molecule has 0 N–H and O–H groups in total. The molecule has 0 unspecified atom stereocenters. The van der Waals surface area contributed by atoms with Gasteiger partial charge in [-0.2, -0.15) is 0 Å². The van der Waals surface area contributed by atoms with Crippen LogP contribution in [0.3, 0.4) is 0 Å². The lowest BCUT2D eigenvalue weighted by Gasteiger charge is -2.63. The third kappa shape index (κ3) is 1.57. The van der Waals surface area contributed by atoms with Crippen molar-refractivity contribution < 1.29 is 9.59 Å². The van der Waals surface area contributed by atoms with E-state index in [1.165, 1.54) is 12.0 Å². The largest absolute Gasteiger partial charge is 0.299 e. The number of Topliss-reactive ketones (excluding diaryl/α,β-unsaturated/α-hetero) is 1. The lowest BCUT2D eigenvalue weighted by Crippen LogP contribution is -2.57. The van der Waals surface area contributed by atoms with Crippen molar-refractivity contribution in [2.75, 3.05) is 0 Å². The van der Waals surface area contributed by atoms with Gasteiger partial charge in [-0.25, -0.2) is 0 Å². The van der Waals surface area contributed by atoms with E-state index in [0.717, 1.165) is 38.5 Å². The first-order valence-electron chi connectivity index (χ1n) is 9.08. The van der Waals surface area contributed by atoms with Crippen LogP contribution >= 0.6 is 0 Å². The van der Waals surface area contributed by atoms with Gasteiger partial charge in [-0.3, -0.25) is 9.59 Å². The zero-order valence-electron chi connectivity index (χ0n) is 14.2. The molecule has 5 atom stereocenters. The summed E-state index contributed by atoms with van der Waals surface area (Å²) in [7, 11) is 0. The summed E-state index contributed by atoms with van der Waals surface area (Å²) < 4.78 is 0. The summed E-state index contributed by atoms with van der Waals surface area (Å²) in [6.45, 7) is 7.13. The predicted molar refractivity (Wildman–Crippen MR) is 86.3 cm³/mol. The quantitative estimate of drug-likeness (QED) is 0.661. The van der Waals surface area contributed by atoms with Gasteiger partial charge in [-0.05, 0) is 67.3 Å². The Bertz CT molecular complexity index is 589. The molecule has 120 valence electrons. The highest BCUT2D eigenvalue weighted by Gasteiger charge is 2.64. The van der Waals surface area contributed by atoms with E-state index in [1.807, 2.05) is 6.08 Å². The van der Waals surface area contributed by atoms with Gasteiger partial charge in [-0.1, -0.05) is 26.3 Å². The van der Waals surface area contributed by atoms with Gasteiger partial charge in [0.1, 0.15) is 5.78 Å². The number of carbonyl (C=O) groups is 2. The van der Waals surface area contributed by atoms with Gasteiger partial charge in [0.15, 0.2) is 5.78 Å². The Labute approximate surface area is 133 Å². The number of rotatable bonds is 0. The van der Waals surface area contributed by atoms with Crippen molar-refractivity contribution in [2.45, 2.75) is 72.1 Å². The summed E-state index contributed by atoms with van der Waals surface area (Å²) in [5.74, 6) is 2.08. The van der Waals surface area contributed by atoms with Crippen LogP contribution in [0.5, 0.6) is 0 Å². The molecule has 2 heteroatoms. The number of hydrogen-bond donors (Lipinski definition) is 0. The fraction of sp³-hybridized carbons (Fsp3) is 0.800. The maximum absolute atomic E-state index is 12.5. The minimum atomic E-state index is -0.0494. The summed E-state index contributed by atoms with van der Waals surface area (Å²) in [6, 6.07) is 0. The molecular formula is C20H28O2. The van der Waals surface area contributed by atoms with Crippen LogP contribution in [-0.4, -0.2) is 11.6 Å². The summed E-state index contributed by atoms with van der Waals surface area (Å²) in [5.41, 5.74) is 1.81. The molecule has 2 nitrogen and oxygen atoms in total. The summed E-state index contributed by atoms with van der Waals surface area (Å²) >= 11 is 0. The van der Waals surface area contributed by atoms with Crippen LogP contribution in [0.4, 0.5) is 0 Å². The molecule has 0 aromatic rings. The summed E-state index contributed by atoms with van der Waals surface area (Å²) in [6.07, 6.45) is 10.1. The first kappa shape index (κ1) is 14.7. The van der Waals surface area contributed by atoms with Crippen LogP contribution in [0.25, 0.3) is 0 Å². The highest BCUT2D eigenvalue weighted by Crippen LogP contribution is 2.70. The standard InChI is InChI=1S/C20H28O2/c1-18-10-11-20(3)16(15(18)6-7-17(18)22)5-4-13-12-14(21)8-9-19(13,20)2/h12,15-16H,4-11H2,1-3H3/t15-,16-,18-,19-,20-/m0/s1. The molecule has 4 aliphatic rings. The molecule has 0 radical (unpaired) electrons. The van der Waals surface area contributed by atoms with Crippen LogP contribution < -0.4 is 0 Å². The smallest absolute Gasteiger partial charge is 0.155 e. The van der Waals surface area contributed by atoms with Crippen molar-refractivity contribution in [3.63, 3.8) is 0 Å². The summed E-state index contributed by atoms with van der Waals surface area (Å²) in [5, 5.41) is 0. The second-order valence-electron chi connectivity index (χ2n) is 9.02. The third-order valence-electron chi connectivity index (χ3n) is 8.51. The van der Waals surface area contributed by atoms with Crippen molar-refractivity contribution in [2.24, 2.45) is 28.1 Å². The van der Waals surface area contributed by atoms with Gasteiger partial charge in [-0.15, -0.1) is 0 Å². The minimum absolute atomic E-state index is 0.0494. The number of carbonyl (C=O) groups excluding carboxylic acids is 2. The molecule has 22 heavy (non-hydrogen) atoms. The van der Waals surface area contributed by atoms with Gasteiger partial charge in [0.25, 0.3) is 0 Å². The molecule has 3 saturated carbocycles. The molecule has 0 bridgehead atoms. The second kappa shape index (κ2) is 4.33. The molecule has 3 fully saturated rings. The van der Waals surface area contributed by atoms with E-state index in [-0.39, 0.29) is 16.2 Å². The van der Waals surface area contributed by atoms with E-state index < -0.39 is 0 Å². The molecular weight excluding hydrogens is 272 g/mol. The van der Waals surface area contributed by atoms with Crippen molar-refractivity contribution >= 4 is 11.6 Å². The second-order valence-corrected chi connectivity index (χ2v) is 9.02. The fourth-order valence-corrected chi connectivity index (χ4v) is 6.69. The van der Waals surface area contributed by atoms with E-state index in [1.54, 1.807) is 0 Å². The monoisotopic (exact) mass is 300 g/mol. The van der Waals surface area contributed by atoms with Crippen LogP contribution in [0.2, 0.25) is 0 Å². The highest BCUT2D eigenvalue weighted by molar-refractivity contribution is 5.91. The SMILES string of the molecule is C[C@]12CCC(=O)C=C1CC[C@H]1[C@@H]3CCC(=O)[C@@]3(C)CC[C@@]12C. The molecule has 0 aliphatic heterocycles. The van der Waals surface area contributed by atoms with Crippen LogP contribution in [0.15, 0.2) is 11.6 Å². The van der Waals surface area contributed by atoms with E-state index in [9.17, 15) is 9.59 Å². The average Bonchev–Trinajstić information content (AvgIpc) is 2.77. The van der Waals surface area contributed by atoms with Gasteiger partial charge in [0, 0.05) is 18.3 Å². The van der Waals surface area contributed by atoms with E-state index >= 15 is 0 Å². The number of fused-ring (bicyclic) bond motifs is 5. The highest BCUT2D eigenvalue weighted by atomic mass is 16.1. The van der Waals surface area contributed by atoms with E-state index in [2.05, 4.69) is 20.8 Å². The van der Waals surface area contributed by atoms with Crippen molar-refractivity contribution in [3.05, 3.63) is 11.6 Å². The minimum Gasteiger partial charge on any atom is -0.299 e. The molecule has 0 heterocycles. The first-order valence-corrected chi connectivity index (χ1v) is 9.08. The number of ketones is 2. The number of allylic oxidation sites excluding steroid dienone is 1. The molecule has 0 aromatic carbocycles. The third-order valence-corrected chi connectivity index (χ3v) is 8.51. The Morgan fingerprint density at radius 3 is 2.41 bits per heavy atom. The Balaban J connectivity index is 1.78. The van der Waals surface area contributed by atoms with Crippen molar-refractivity contribution in [1.29, 1.82) is 0 Å². The number of hydrogen-bond acceptors (Lipinski definition) is 2. The topological polar surface area (TPSA) is 34.1 Å². The lowest BCUT2D eigenvalue weighted by atomic mass is 9.40. The zero-order chi connectivity index (χ0) is 15.8. The first-order chi connectivity index (χ1) is 10.3. The Hall–Kier alpha value is -0.920. The molecule has 0 aromatic heterocycles. The normalized spacial score (nSPS) is 51.0. The summed E-state index contributed by atoms with van der Waals surface area (Å²) in [4.78, 5) is 24.3. The maximum atomic E-state index is 12.5. The van der Waals surface area contributed by atoms with Gasteiger partial charge < -0.3 is 0 Å². The molecule has 0 spiro atoms. The molecule has 0 amide bonds. The lowest BCUT2D eigenvalue weighted by molar-refractivity contribution is -0.142. The van der Waals surface area contributed by atoms with Crippen LogP contribution in [0, 0.1) is 28.1 Å². The van der Waals surface area contributed by atoms with Crippen molar-refractivity contribution in [1.82, 2.24) is 0 Å². The molecule has 0 saturated heterocycles. The van der Waals surface area contributed by atoms with Crippen LogP contribution in [0.1, 0.15) is 72.1 Å². The Morgan fingerprint density at radius 2 is 1.64 bits per heavy atom. The van der Waals surface area contributed by atoms with E-state index in [4.69, 9.17) is 0 Å². The predicted octanol–water partition coefficient (Wildman–Crippen LogP) is 4.48. The fourth-order valence-electron chi connectivity index (χ4n) is 6.69. The Kier molecular flexibility index (Phi) is 2.89. The average molecular weight is 300 g/mol. The molecule has 4 rings (SSSR count). The van der Waals surface area contributed by atoms with Crippen LogP contribution in [-0.2, 0) is 9.59 Å².